The van der Waals surface area contributed by atoms with Crippen LogP contribution >= 0.6 is 0 Å². The maximum absolute atomic E-state index is 13.4. The lowest BCUT2D eigenvalue weighted by atomic mass is 10.2. The number of nitrogens with zero attached hydrogens (tertiary/aromatic N) is 2. The van der Waals surface area contributed by atoms with Crippen molar-refractivity contribution in [1.82, 2.24) is 9.97 Å². The summed E-state index contributed by atoms with van der Waals surface area (Å²) in [7, 11) is 1.72. The summed E-state index contributed by atoms with van der Waals surface area (Å²) >= 11 is 0. The maximum Gasteiger partial charge on any atom is 0.239 e. The lowest BCUT2D eigenvalue weighted by Crippen LogP contribution is -1.97. The Hall–Kier alpha value is -2.17. The minimum atomic E-state index is -0.424. The molecule has 0 aliphatic carbocycles. The van der Waals surface area contributed by atoms with Crippen molar-refractivity contribution in [2.24, 2.45) is 0 Å². The normalized spacial score (nSPS) is 10.1. The third-order valence-corrected chi connectivity index (χ3v) is 2.17. The molecule has 1 heterocycles. The van der Waals surface area contributed by atoms with Crippen LogP contribution < -0.4 is 10.1 Å². The number of hydrogen-bond acceptors (Lipinski definition) is 4. The van der Waals surface area contributed by atoms with E-state index in [0.29, 0.717) is 5.82 Å². The van der Waals surface area contributed by atoms with Gasteiger partial charge in [-0.1, -0.05) is 6.07 Å². The Bertz CT molecular complexity index is 531. The molecule has 1 aromatic carbocycles. The zero-order valence-corrected chi connectivity index (χ0v) is 9.57. The first-order valence-electron chi connectivity index (χ1n) is 5.13. The van der Waals surface area contributed by atoms with Crippen molar-refractivity contribution in [3.8, 4) is 11.6 Å². The summed E-state index contributed by atoms with van der Waals surface area (Å²) in [4.78, 5) is 8.03. The molecule has 17 heavy (non-hydrogen) atoms. The molecule has 0 amide bonds. The number of nitrogens with one attached hydrogen (secondary N) is 1. The van der Waals surface area contributed by atoms with E-state index >= 15 is 0 Å². The quantitative estimate of drug-likeness (QED) is 0.885. The van der Waals surface area contributed by atoms with Crippen molar-refractivity contribution >= 4 is 5.82 Å². The number of rotatable bonds is 3. The van der Waals surface area contributed by atoms with Gasteiger partial charge in [-0.3, -0.25) is 4.98 Å². The maximum atomic E-state index is 13.4. The van der Waals surface area contributed by atoms with Crippen LogP contribution in [0.5, 0.6) is 11.6 Å². The summed E-state index contributed by atoms with van der Waals surface area (Å²) in [5.41, 5.74) is 0.916. The summed E-state index contributed by atoms with van der Waals surface area (Å²) in [6, 6.07) is 4.65. The second-order valence-electron chi connectivity index (χ2n) is 3.53. The Morgan fingerprint density at radius 2 is 2.12 bits per heavy atom. The van der Waals surface area contributed by atoms with E-state index in [9.17, 15) is 4.39 Å². The zero-order chi connectivity index (χ0) is 12.3. The van der Waals surface area contributed by atoms with E-state index < -0.39 is 5.82 Å². The molecule has 4 nitrogen and oxygen atoms in total. The number of hydrogen-bond donors (Lipinski definition) is 1. The van der Waals surface area contributed by atoms with Crippen molar-refractivity contribution in [3.05, 3.63) is 42.0 Å². The van der Waals surface area contributed by atoms with Crippen LogP contribution in [-0.2, 0) is 0 Å². The molecule has 5 heteroatoms. The minimum Gasteiger partial charge on any atom is -0.434 e. The lowest BCUT2D eigenvalue weighted by molar-refractivity contribution is 0.425. The highest BCUT2D eigenvalue weighted by atomic mass is 19.1. The lowest BCUT2D eigenvalue weighted by Gasteiger charge is -2.07. The highest BCUT2D eigenvalue weighted by Gasteiger charge is 2.06. The molecule has 0 aliphatic heterocycles. The van der Waals surface area contributed by atoms with Crippen LogP contribution in [0.25, 0.3) is 0 Å². The molecule has 0 saturated carbocycles. The molecule has 0 atom stereocenters. The molecule has 0 spiro atoms. The molecule has 0 fully saturated rings. The summed E-state index contributed by atoms with van der Waals surface area (Å²) in [5.74, 6) is 0.539. The smallest absolute Gasteiger partial charge is 0.239 e. The van der Waals surface area contributed by atoms with Gasteiger partial charge in [-0.2, -0.15) is 4.98 Å². The topological polar surface area (TPSA) is 47.0 Å². The summed E-state index contributed by atoms with van der Waals surface area (Å²) in [5, 5.41) is 2.83. The third-order valence-electron chi connectivity index (χ3n) is 2.17. The molecule has 0 radical (unpaired) electrons. The van der Waals surface area contributed by atoms with Gasteiger partial charge >= 0.3 is 0 Å². The standard InChI is InChI=1S/C12H12FN3O/c1-8-3-4-9(13)10(5-8)17-12-7-15-6-11(14-2)16-12/h3-7H,1-2H3,(H,14,16). The molecule has 2 aromatic rings. The first-order chi connectivity index (χ1) is 8.19. The van der Waals surface area contributed by atoms with Gasteiger partial charge in [0.2, 0.25) is 5.88 Å². The predicted molar refractivity (Wildman–Crippen MR) is 62.8 cm³/mol. The van der Waals surface area contributed by atoms with Crippen molar-refractivity contribution in [2.75, 3.05) is 12.4 Å². The van der Waals surface area contributed by atoms with Crippen molar-refractivity contribution < 1.29 is 9.13 Å². The van der Waals surface area contributed by atoms with Crippen LogP contribution in [0.3, 0.4) is 0 Å². The Balaban J connectivity index is 2.27. The molecule has 0 saturated heterocycles. The van der Waals surface area contributed by atoms with Gasteiger partial charge in [0.1, 0.15) is 5.82 Å². The fourth-order valence-electron chi connectivity index (χ4n) is 1.32. The average molecular weight is 233 g/mol. The van der Waals surface area contributed by atoms with Crippen LogP contribution in [0, 0.1) is 12.7 Å². The van der Waals surface area contributed by atoms with Gasteiger partial charge in [0.05, 0.1) is 12.4 Å². The fourth-order valence-corrected chi connectivity index (χ4v) is 1.32. The molecule has 1 aromatic heterocycles. The van der Waals surface area contributed by atoms with Crippen molar-refractivity contribution in [1.29, 1.82) is 0 Å². The van der Waals surface area contributed by atoms with E-state index in [1.165, 1.54) is 12.3 Å². The molecule has 0 bridgehead atoms. The molecular formula is C12H12FN3O. The van der Waals surface area contributed by atoms with Gasteiger partial charge < -0.3 is 10.1 Å². The SMILES string of the molecule is CNc1cncc(Oc2cc(C)ccc2F)n1. The van der Waals surface area contributed by atoms with Crippen molar-refractivity contribution in [2.45, 2.75) is 6.92 Å². The summed E-state index contributed by atoms with van der Waals surface area (Å²) < 4.78 is 18.8. The Morgan fingerprint density at radius 3 is 2.88 bits per heavy atom. The van der Waals surface area contributed by atoms with E-state index in [1.807, 2.05) is 6.92 Å². The average Bonchev–Trinajstić information content (AvgIpc) is 2.34. The zero-order valence-electron chi connectivity index (χ0n) is 9.57. The number of ether oxygens (including phenoxy) is 1. The number of anilines is 1. The second kappa shape index (κ2) is 4.78. The van der Waals surface area contributed by atoms with Gasteiger partial charge in [-0.05, 0) is 24.6 Å². The Morgan fingerprint density at radius 1 is 1.29 bits per heavy atom. The molecule has 2 rings (SSSR count). The Labute approximate surface area is 98.5 Å². The molecule has 88 valence electrons. The van der Waals surface area contributed by atoms with Gasteiger partial charge in [0.15, 0.2) is 11.6 Å². The van der Waals surface area contributed by atoms with Crippen molar-refractivity contribution in [3.63, 3.8) is 0 Å². The monoisotopic (exact) mass is 233 g/mol. The van der Waals surface area contributed by atoms with Crippen LogP contribution in [0.1, 0.15) is 5.56 Å². The summed E-state index contributed by atoms with van der Waals surface area (Å²) in [6.45, 7) is 1.86. The predicted octanol–water partition coefficient (Wildman–Crippen LogP) is 2.76. The van der Waals surface area contributed by atoms with Gasteiger partial charge in [-0.15, -0.1) is 0 Å². The van der Waals surface area contributed by atoms with E-state index in [2.05, 4.69) is 15.3 Å². The molecule has 0 unspecified atom stereocenters. The van der Waals surface area contributed by atoms with Crippen LogP contribution in [0.15, 0.2) is 30.6 Å². The fraction of sp³-hybridized carbons (Fsp3) is 0.167. The first-order valence-corrected chi connectivity index (χ1v) is 5.13. The minimum absolute atomic E-state index is 0.146. The van der Waals surface area contributed by atoms with E-state index in [1.54, 1.807) is 25.4 Å². The molecular weight excluding hydrogens is 221 g/mol. The van der Waals surface area contributed by atoms with E-state index in [-0.39, 0.29) is 11.6 Å². The second-order valence-corrected chi connectivity index (χ2v) is 3.53. The van der Waals surface area contributed by atoms with Crippen LogP contribution in [-0.4, -0.2) is 17.0 Å². The number of aryl methyl sites for hydroxylation is 1. The Kier molecular flexibility index (Phi) is 3.18. The number of benzene rings is 1. The van der Waals surface area contributed by atoms with E-state index in [0.717, 1.165) is 5.56 Å². The van der Waals surface area contributed by atoms with Gasteiger partial charge in [-0.25, -0.2) is 4.39 Å². The number of halogens is 1. The van der Waals surface area contributed by atoms with Gasteiger partial charge in [0, 0.05) is 7.05 Å². The largest absolute Gasteiger partial charge is 0.434 e. The highest BCUT2D eigenvalue weighted by molar-refractivity contribution is 5.35. The molecule has 1 N–H and O–H groups in total. The summed E-state index contributed by atoms with van der Waals surface area (Å²) in [6.07, 6.45) is 2.99. The highest BCUT2D eigenvalue weighted by Crippen LogP contribution is 2.24. The van der Waals surface area contributed by atoms with Crippen LogP contribution in [0.2, 0.25) is 0 Å². The van der Waals surface area contributed by atoms with Gasteiger partial charge in [0.25, 0.3) is 0 Å². The first kappa shape index (κ1) is 11.3. The third kappa shape index (κ3) is 2.69. The van der Waals surface area contributed by atoms with E-state index in [4.69, 9.17) is 4.74 Å². The van der Waals surface area contributed by atoms with Crippen LogP contribution in [0.4, 0.5) is 10.2 Å². The number of aromatic nitrogens is 2. The molecule has 0 aliphatic rings.